The zero-order valence-corrected chi connectivity index (χ0v) is 11.9. The Morgan fingerprint density at radius 3 is 3.06 bits per heavy atom. The molecule has 0 aromatic carbocycles. The number of hydrogen-bond donors (Lipinski definition) is 0. The molecule has 0 spiro atoms. The highest BCUT2D eigenvalue weighted by Gasteiger charge is 2.39. The lowest BCUT2D eigenvalue weighted by Crippen LogP contribution is -2.31. The molecule has 1 aromatic rings. The van der Waals surface area contributed by atoms with E-state index in [1.165, 1.54) is 0 Å². The minimum Gasteiger partial charge on any atom is -0.291 e. The predicted octanol–water partition coefficient (Wildman–Crippen LogP) is 3.13. The van der Waals surface area contributed by atoms with Crippen LogP contribution in [-0.2, 0) is 6.54 Å². The Balaban J connectivity index is 2.36. The normalized spacial score (nSPS) is 24.9. The van der Waals surface area contributed by atoms with E-state index >= 15 is 0 Å². The van der Waals surface area contributed by atoms with Crippen molar-refractivity contribution in [3.8, 4) is 0 Å². The summed E-state index contributed by atoms with van der Waals surface area (Å²) in [7, 11) is 0. The van der Waals surface area contributed by atoms with Gasteiger partial charge in [0.25, 0.3) is 0 Å². The van der Waals surface area contributed by atoms with Crippen molar-refractivity contribution in [2.75, 3.05) is 5.75 Å². The third-order valence-electron chi connectivity index (χ3n) is 3.01. The monoisotopic (exact) mass is 302 g/mol. The van der Waals surface area contributed by atoms with E-state index in [0.29, 0.717) is 0 Å². The summed E-state index contributed by atoms with van der Waals surface area (Å²) in [5, 5.41) is 4.20. The van der Waals surface area contributed by atoms with Crippen molar-refractivity contribution in [3.63, 3.8) is 0 Å². The standard InChI is InChI=1S/C11H15BrN2OS/c1-3-14-9(8(12)7-13-14)10(15)11(2)5-4-6-16-11/h7H,3-6H2,1-2H3. The Hall–Kier alpha value is -0.290. The van der Waals surface area contributed by atoms with Gasteiger partial charge >= 0.3 is 0 Å². The summed E-state index contributed by atoms with van der Waals surface area (Å²) in [6, 6.07) is 0. The van der Waals surface area contributed by atoms with Gasteiger partial charge in [0.1, 0.15) is 5.69 Å². The highest BCUT2D eigenvalue weighted by Crippen LogP contribution is 2.41. The van der Waals surface area contributed by atoms with Crippen LogP contribution in [0, 0.1) is 0 Å². The highest BCUT2D eigenvalue weighted by molar-refractivity contribution is 9.10. The molecule has 2 rings (SSSR count). The van der Waals surface area contributed by atoms with Crippen LogP contribution in [0.4, 0.5) is 0 Å². The molecule has 1 atom stereocenters. The molecule has 0 radical (unpaired) electrons. The fourth-order valence-electron chi connectivity index (χ4n) is 2.04. The lowest BCUT2D eigenvalue weighted by atomic mass is 9.98. The molecular weight excluding hydrogens is 288 g/mol. The molecule has 1 aliphatic heterocycles. The molecule has 1 aromatic heterocycles. The number of rotatable bonds is 3. The van der Waals surface area contributed by atoms with Gasteiger partial charge in [-0.3, -0.25) is 9.48 Å². The van der Waals surface area contributed by atoms with Gasteiger partial charge in [-0.15, -0.1) is 11.8 Å². The Morgan fingerprint density at radius 1 is 1.75 bits per heavy atom. The van der Waals surface area contributed by atoms with Gasteiger partial charge in [-0.05, 0) is 48.4 Å². The summed E-state index contributed by atoms with van der Waals surface area (Å²) in [6.07, 6.45) is 3.81. The molecule has 0 N–H and O–H groups in total. The first kappa shape index (κ1) is 12.2. The Labute approximate surface area is 108 Å². The summed E-state index contributed by atoms with van der Waals surface area (Å²) in [5.74, 6) is 1.29. The highest BCUT2D eigenvalue weighted by atomic mass is 79.9. The van der Waals surface area contributed by atoms with Crippen LogP contribution in [0.15, 0.2) is 10.7 Å². The molecule has 16 heavy (non-hydrogen) atoms. The van der Waals surface area contributed by atoms with Crippen molar-refractivity contribution >= 4 is 33.5 Å². The van der Waals surface area contributed by atoms with Crippen molar-refractivity contribution in [3.05, 3.63) is 16.4 Å². The van der Waals surface area contributed by atoms with E-state index in [2.05, 4.69) is 21.0 Å². The van der Waals surface area contributed by atoms with E-state index < -0.39 is 0 Å². The van der Waals surface area contributed by atoms with Crippen molar-refractivity contribution in [2.24, 2.45) is 0 Å². The fourth-order valence-corrected chi connectivity index (χ4v) is 3.77. The lowest BCUT2D eigenvalue weighted by molar-refractivity contribution is 0.0937. The number of carbonyl (C=O) groups excluding carboxylic acids is 1. The topological polar surface area (TPSA) is 34.9 Å². The lowest BCUT2D eigenvalue weighted by Gasteiger charge is -2.21. The zero-order valence-electron chi connectivity index (χ0n) is 9.49. The Bertz CT molecular complexity index is 410. The van der Waals surface area contributed by atoms with Crippen LogP contribution in [0.3, 0.4) is 0 Å². The second kappa shape index (κ2) is 4.53. The Kier molecular flexibility index (Phi) is 3.45. The second-order valence-corrected chi connectivity index (χ2v) is 6.62. The first-order chi connectivity index (χ1) is 7.58. The largest absolute Gasteiger partial charge is 0.291 e. The molecule has 88 valence electrons. The summed E-state index contributed by atoms with van der Waals surface area (Å²) in [6.45, 7) is 4.78. The number of carbonyl (C=O) groups is 1. The quantitative estimate of drug-likeness (QED) is 0.805. The number of aryl methyl sites for hydroxylation is 1. The molecule has 5 heteroatoms. The summed E-state index contributed by atoms with van der Waals surface area (Å²) >= 11 is 5.18. The SMILES string of the molecule is CCn1ncc(Br)c1C(=O)C1(C)CCCS1. The van der Waals surface area contributed by atoms with E-state index in [-0.39, 0.29) is 10.5 Å². The minimum absolute atomic E-state index is 0.209. The third kappa shape index (κ3) is 1.95. The van der Waals surface area contributed by atoms with Crippen molar-refractivity contribution in [1.29, 1.82) is 0 Å². The van der Waals surface area contributed by atoms with E-state index in [4.69, 9.17) is 0 Å². The van der Waals surface area contributed by atoms with Gasteiger partial charge in [-0.2, -0.15) is 5.10 Å². The zero-order chi connectivity index (χ0) is 11.8. The molecule has 1 saturated heterocycles. The molecule has 3 nitrogen and oxygen atoms in total. The van der Waals surface area contributed by atoms with E-state index in [0.717, 1.165) is 35.3 Å². The average molecular weight is 303 g/mol. The molecule has 2 heterocycles. The number of Topliss-reactive ketones (excluding diaryl/α,β-unsaturated/α-hetero) is 1. The van der Waals surface area contributed by atoms with Gasteiger partial charge < -0.3 is 0 Å². The Morgan fingerprint density at radius 2 is 2.50 bits per heavy atom. The molecule has 0 saturated carbocycles. The van der Waals surface area contributed by atoms with E-state index in [9.17, 15) is 4.79 Å². The van der Waals surface area contributed by atoms with Crippen molar-refractivity contribution in [1.82, 2.24) is 9.78 Å². The van der Waals surface area contributed by atoms with Crippen LogP contribution in [-0.4, -0.2) is 26.1 Å². The maximum Gasteiger partial charge on any atom is 0.197 e. The van der Waals surface area contributed by atoms with Crippen LogP contribution in [0.2, 0.25) is 0 Å². The number of thioether (sulfide) groups is 1. The number of aromatic nitrogens is 2. The minimum atomic E-state index is -0.254. The molecule has 0 amide bonds. The van der Waals surface area contributed by atoms with Crippen LogP contribution in [0.25, 0.3) is 0 Å². The summed E-state index contributed by atoms with van der Waals surface area (Å²) < 4.78 is 2.33. The molecule has 1 fully saturated rings. The maximum absolute atomic E-state index is 12.5. The number of nitrogens with zero attached hydrogens (tertiary/aromatic N) is 2. The molecule has 0 aliphatic carbocycles. The van der Waals surface area contributed by atoms with Gasteiger partial charge in [-0.25, -0.2) is 0 Å². The smallest absolute Gasteiger partial charge is 0.197 e. The third-order valence-corrected chi connectivity index (χ3v) is 5.11. The summed E-state index contributed by atoms with van der Waals surface area (Å²) in [5.41, 5.74) is 0.722. The summed E-state index contributed by atoms with van der Waals surface area (Å²) in [4.78, 5) is 12.5. The van der Waals surface area contributed by atoms with Crippen LogP contribution in [0.5, 0.6) is 0 Å². The fraction of sp³-hybridized carbons (Fsp3) is 0.636. The average Bonchev–Trinajstić information content (AvgIpc) is 2.85. The molecular formula is C11H15BrN2OS. The van der Waals surface area contributed by atoms with Crippen LogP contribution in [0.1, 0.15) is 37.2 Å². The predicted molar refractivity (Wildman–Crippen MR) is 70.0 cm³/mol. The molecule has 1 unspecified atom stereocenters. The van der Waals surface area contributed by atoms with E-state index in [1.807, 2.05) is 13.8 Å². The van der Waals surface area contributed by atoms with Gasteiger partial charge in [0.15, 0.2) is 5.78 Å². The maximum atomic E-state index is 12.5. The van der Waals surface area contributed by atoms with Crippen molar-refractivity contribution in [2.45, 2.75) is 38.0 Å². The van der Waals surface area contributed by atoms with Gasteiger partial charge in [0, 0.05) is 6.54 Å². The van der Waals surface area contributed by atoms with E-state index in [1.54, 1.807) is 22.6 Å². The number of hydrogen-bond acceptors (Lipinski definition) is 3. The van der Waals surface area contributed by atoms with Gasteiger partial charge in [-0.1, -0.05) is 0 Å². The van der Waals surface area contributed by atoms with Gasteiger partial charge in [0.05, 0.1) is 15.4 Å². The van der Waals surface area contributed by atoms with Gasteiger partial charge in [0.2, 0.25) is 0 Å². The molecule has 1 aliphatic rings. The second-order valence-electron chi connectivity index (χ2n) is 4.17. The van der Waals surface area contributed by atoms with Crippen molar-refractivity contribution < 1.29 is 4.79 Å². The first-order valence-electron chi connectivity index (χ1n) is 5.48. The number of halogens is 1. The van der Waals surface area contributed by atoms with Crippen LogP contribution < -0.4 is 0 Å². The van der Waals surface area contributed by atoms with Crippen LogP contribution >= 0.6 is 27.7 Å². The molecule has 0 bridgehead atoms. The number of ketones is 1. The first-order valence-corrected chi connectivity index (χ1v) is 7.26.